The highest BCUT2D eigenvalue weighted by Crippen LogP contribution is 2.45. The number of aliphatic hydroxyl groups excluding tert-OH is 1. The number of aliphatic hydroxyl groups is 1. The Bertz CT molecular complexity index is 1910. The van der Waals surface area contributed by atoms with Gasteiger partial charge in [0.2, 0.25) is 0 Å². The maximum atomic E-state index is 13.1. The maximum absolute atomic E-state index is 13.1. The predicted octanol–water partition coefficient (Wildman–Crippen LogP) is 23.9. The van der Waals surface area contributed by atoms with Crippen LogP contribution in [0.5, 0.6) is 0 Å². The fraction of sp³-hybridized carbons (Fsp3) is 0.950. The van der Waals surface area contributed by atoms with Crippen LogP contribution in [0.3, 0.4) is 0 Å². The second-order valence-electron chi connectivity index (χ2n) is 29.8. The highest BCUT2D eigenvalue weighted by Gasteiger charge is 2.30. The van der Waals surface area contributed by atoms with Crippen LogP contribution in [0.25, 0.3) is 0 Å². The van der Waals surface area contributed by atoms with Crippen LogP contribution in [-0.2, 0) is 65.4 Å². The molecule has 19 heteroatoms. The van der Waals surface area contributed by atoms with E-state index in [0.717, 1.165) is 102 Å². The van der Waals surface area contributed by atoms with Gasteiger partial charge in [0.1, 0.15) is 19.3 Å². The number of rotatable bonds is 79. The van der Waals surface area contributed by atoms with Gasteiger partial charge in [0, 0.05) is 25.7 Å². The number of carbonyl (C=O) groups is 4. The van der Waals surface area contributed by atoms with Crippen molar-refractivity contribution in [2.75, 3.05) is 39.6 Å². The van der Waals surface area contributed by atoms with Crippen molar-refractivity contribution in [3.8, 4) is 0 Å². The van der Waals surface area contributed by atoms with Crippen molar-refractivity contribution >= 4 is 39.5 Å². The summed E-state index contributed by atoms with van der Waals surface area (Å²) in [5.74, 6) is -0.652. The number of carbonyl (C=O) groups excluding carboxylic acids is 4. The molecule has 0 aromatic heterocycles. The van der Waals surface area contributed by atoms with Crippen molar-refractivity contribution in [1.82, 2.24) is 0 Å². The Balaban J connectivity index is 5.19. The van der Waals surface area contributed by atoms with Crippen molar-refractivity contribution in [2.24, 2.45) is 11.8 Å². The third kappa shape index (κ3) is 74.1. The van der Waals surface area contributed by atoms with E-state index in [0.29, 0.717) is 31.6 Å². The summed E-state index contributed by atoms with van der Waals surface area (Å²) in [7, 11) is -9.92. The Morgan fingerprint density at radius 2 is 0.465 bits per heavy atom. The van der Waals surface area contributed by atoms with Crippen molar-refractivity contribution in [3.05, 3.63) is 0 Å². The number of ether oxygens (including phenoxy) is 4. The number of phosphoric acid groups is 2. The zero-order valence-corrected chi connectivity index (χ0v) is 66.6. The minimum absolute atomic E-state index is 0.107. The Morgan fingerprint density at radius 3 is 0.687 bits per heavy atom. The van der Waals surface area contributed by atoms with E-state index in [2.05, 4.69) is 41.5 Å². The van der Waals surface area contributed by atoms with Crippen LogP contribution in [0.1, 0.15) is 420 Å². The highest BCUT2D eigenvalue weighted by atomic mass is 31.2. The highest BCUT2D eigenvalue weighted by molar-refractivity contribution is 7.47. The maximum Gasteiger partial charge on any atom is 0.472 e. The van der Waals surface area contributed by atoms with Gasteiger partial charge in [0.15, 0.2) is 12.2 Å². The van der Waals surface area contributed by atoms with Crippen LogP contribution in [-0.4, -0.2) is 96.7 Å². The number of unbranched alkanes of at least 4 members (excludes halogenated alkanes) is 49. The molecule has 0 aliphatic rings. The molecule has 0 saturated carbocycles. The van der Waals surface area contributed by atoms with Gasteiger partial charge in [0.05, 0.1) is 26.4 Å². The first-order valence-corrected chi connectivity index (χ1v) is 44.5. The summed E-state index contributed by atoms with van der Waals surface area (Å²) in [5.41, 5.74) is 0. The largest absolute Gasteiger partial charge is 0.472 e. The van der Waals surface area contributed by atoms with Crippen molar-refractivity contribution in [2.45, 2.75) is 439 Å². The summed E-state index contributed by atoms with van der Waals surface area (Å²) in [6.45, 7) is 9.55. The summed E-state index contributed by atoms with van der Waals surface area (Å²) in [5, 5.41) is 10.6. The molecule has 0 aliphatic heterocycles. The normalized spacial score (nSPS) is 13.9. The number of hydrogen-bond acceptors (Lipinski definition) is 15. The molecule has 2 unspecified atom stereocenters. The first-order valence-electron chi connectivity index (χ1n) is 41.5. The van der Waals surface area contributed by atoms with Gasteiger partial charge in [-0.15, -0.1) is 0 Å². The molecule has 0 amide bonds. The van der Waals surface area contributed by atoms with Gasteiger partial charge >= 0.3 is 39.5 Å². The van der Waals surface area contributed by atoms with Gasteiger partial charge in [0.25, 0.3) is 0 Å². The fourth-order valence-corrected chi connectivity index (χ4v) is 13.9. The Kier molecular flexibility index (Phi) is 70.3. The molecule has 0 rings (SSSR count). The van der Waals surface area contributed by atoms with Crippen molar-refractivity contribution in [3.63, 3.8) is 0 Å². The van der Waals surface area contributed by atoms with E-state index in [1.165, 1.54) is 231 Å². The first-order chi connectivity index (χ1) is 47.9. The predicted molar refractivity (Wildman–Crippen MR) is 405 cm³/mol. The van der Waals surface area contributed by atoms with Crippen LogP contribution >= 0.6 is 15.6 Å². The molecule has 0 bridgehead atoms. The molecule has 0 radical (unpaired) electrons. The van der Waals surface area contributed by atoms with Crippen LogP contribution in [0, 0.1) is 11.8 Å². The molecule has 588 valence electrons. The monoisotopic (exact) mass is 1450 g/mol. The van der Waals surface area contributed by atoms with E-state index in [9.17, 15) is 43.2 Å². The zero-order chi connectivity index (χ0) is 72.8. The second kappa shape index (κ2) is 71.7. The van der Waals surface area contributed by atoms with E-state index in [-0.39, 0.29) is 25.7 Å². The molecule has 0 heterocycles. The molecule has 3 N–H and O–H groups in total. The van der Waals surface area contributed by atoms with E-state index < -0.39 is 97.5 Å². The van der Waals surface area contributed by atoms with Gasteiger partial charge in [-0.2, -0.15) is 0 Å². The Morgan fingerprint density at radius 1 is 0.273 bits per heavy atom. The Hall–Kier alpha value is -1.94. The third-order valence-electron chi connectivity index (χ3n) is 18.7. The average Bonchev–Trinajstić information content (AvgIpc) is 3.62. The molecular weight excluding hydrogens is 1290 g/mol. The summed E-state index contributed by atoms with van der Waals surface area (Å²) < 4.78 is 68.6. The lowest BCUT2D eigenvalue weighted by Crippen LogP contribution is -2.30. The first kappa shape index (κ1) is 97.1. The summed E-state index contributed by atoms with van der Waals surface area (Å²) in [4.78, 5) is 72.9. The average molecular weight is 1450 g/mol. The summed E-state index contributed by atoms with van der Waals surface area (Å²) >= 11 is 0. The lowest BCUT2D eigenvalue weighted by Gasteiger charge is -2.21. The zero-order valence-electron chi connectivity index (χ0n) is 64.8. The smallest absolute Gasteiger partial charge is 0.462 e. The molecule has 17 nitrogen and oxygen atoms in total. The van der Waals surface area contributed by atoms with Gasteiger partial charge < -0.3 is 33.8 Å². The second-order valence-corrected chi connectivity index (χ2v) is 32.7. The lowest BCUT2D eigenvalue weighted by molar-refractivity contribution is -0.161. The molecule has 0 aliphatic carbocycles. The minimum atomic E-state index is -4.96. The molecule has 0 aromatic rings. The van der Waals surface area contributed by atoms with Crippen LogP contribution in [0.4, 0.5) is 0 Å². The molecule has 99 heavy (non-hydrogen) atoms. The topological polar surface area (TPSA) is 237 Å². The molecule has 5 atom stereocenters. The summed E-state index contributed by atoms with van der Waals surface area (Å²) in [6.07, 6.45) is 61.3. The van der Waals surface area contributed by atoms with Crippen molar-refractivity contribution in [1.29, 1.82) is 0 Å². The minimum Gasteiger partial charge on any atom is -0.462 e. The molecule has 0 spiro atoms. The van der Waals surface area contributed by atoms with Crippen LogP contribution < -0.4 is 0 Å². The van der Waals surface area contributed by atoms with E-state index in [4.69, 9.17) is 37.0 Å². The van der Waals surface area contributed by atoms with E-state index >= 15 is 0 Å². The lowest BCUT2D eigenvalue weighted by atomic mass is 10.0. The van der Waals surface area contributed by atoms with E-state index in [1.807, 2.05) is 0 Å². The summed E-state index contributed by atoms with van der Waals surface area (Å²) in [6, 6.07) is 0. The fourth-order valence-electron chi connectivity index (χ4n) is 12.4. The van der Waals surface area contributed by atoms with Gasteiger partial charge in [-0.3, -0.25) is 37.3 Å². The van der Waals surface area contributed by atoms with Crippen LogP contribution in [0.2, 0.25) is 0 Å². The third-order valence-corrected chi connectivity index (χ3v) is 20.6. The molecule has 0 saturated heterocycles. The SMILES string of the molecule is CCCCCCCCCCCCCCCCCCCCCCCCC(=O)O[C@H](COC(=O)CCCCCCCCCCCCCCC(C)C)COP(=O)(O)OC[C@@H](O)COP(=O)(O)OC[C@@H](COC(=O)CCCCCCCCC(C)C)OC(=O)CCCCCCCCCCCCCCC. The van der Waals surface area contributed by atoms with Gasteiger partial charge in [-0.05, 0) is 37.5 Å². The number of hydrogen-bond donors (Lipinski definition) is 3. The molecular formula is C80H156O17P2. The van der Waals surface area contributed by atoms with E-state index in [1.54, 1.807) is 0 Å². The standard InChI is InChI=1S/C80H156O17P2/c1-7-9-11-13-15-17-19-21-22-23-24-25-26-27-28-29-31-37-41-45-53-59-65-79(84)96-75(68-90-77(82)62-56-50-43-39-35-33-32-34-38-42-48-54-60-72(3)4)70-94-98(86,87)92-66-74(81)67-93-99(88,89)95-71-76(69-91-78(83)63-57-51-47-46-49-55-61-73(5)6)97-80(85)64-58-52-44-40-36-30-20-18-16-14-12-10-8-2/h72-76,81H,7-71H2,1-6H3,(H,86,87)(H,88,89)/t74-,75-,76-/m1/s1. The Labute approximate surface area is 607 Å². The van der Waals surface area contributed by atoms with Gasteiger partial charge in [-0.1, -0.05) is 369 Å². The van der Waals surface area contributed by atoms with Crippen molar-refractivity contribution < 1.29 is 80.2 Å². The van der Waals surface area contributed by atoms with Crippen LogP contribution in [0.15, 0.2) is 0 Å². The quantitative estimate of drug-likeness (QED) is 0.0222. The van der Waals surface area contributed by atoms with Gasteiger partial charge in [-0.25, -0.2) is 9.13 Å². The molecule has 0 fully saturated rings. The number of phosphoric ester groups is 2. The molecule has 0 aromatic carbocycles. The number of esters is 4.